The lowest BCUT2D eigenvalue weighted by Gasteiger charge is -2.08. The molecule has 1 aromatic heterocycles. The Balaban J connectivity index is 0.000000217. The van der Waals surface area contributed by atoms with Crippen molar-refractivity contribution < 1.29 is 22.3 Å². The number of aryl methyl sites for hydroxylation is 2. The summed E-state index contributed by atoms with van der Waals surface area (Å²) < 4.78 is 45.4. The van der Waals surface area contributed by atoms with Crippen molar-refractivity contribution in [3.8, 4) is 17.0 Å². The molecule has 5 rings (SSSR count). The van der Waals surface area contributed by atoms with Gasteiger partial charge in [0.25, 0.3) is 0 Å². The lowest BCUT2D eigenvalue weighted by atomic mass is 10.1. The normalized spacial score (nSPS) is 12.0. The van der Waals surface area contributed by atoms with Gasteiger partial charge in [-0.05, 0) is 54.8 Å². The maximum absolute atomic E-state index is 12.0. The molecule has 0 aliphatic carbocycles. The summed E-state index contributed by atoms with van der Waals surface area (Å²) in [6, 6.07) is 28.0. The van der Waals surface area contributed by atoms with E-state index in [0.717, 1.165) is 51.5 Å². The van der Waals surface area contributed by atoms with Gasteiger partial charge in [0.15, 0.2) is 11.6 Å². The molecule has 48 heavy (non-hydrogen) atoms. The Morgan fingerprint density at radius 3 is 2.21 bits per heavy atom. The van der Waals surface area contributed by atoms with Crippen molar-refractivity contribution in [2.75, 3.05) is 0 Å². The van der Waals surface area contributed by atoms with Gasteiger partial charge in [0.1, 0.15) is 29.4 Å². The van der Waals surface area contributed by atoms with Gasteiger partial charge in [0.2, 0.25) is 0 Å². The zero-order valence-corrected chi connectivity index (χ0v) is 26.8. The standard InChI is InChI=1S/C19H19N3OS.C16H13F3N4O/c1-13-7-6-8-14(2)17(13)22-19(20)24-11-16-18(21-12-23-16)15-9-4-3-5-10-15;17-16(18,19)24-14-7-5-13(6-8-14)22-10-23-15(21)12-3-1-11(9-20)2-4-12/h3-10,12H,11H2,1-2H3,(H2,20,22);1-10,20H,(H2,21,22,23). The summed E-state index contributed by atoms with van der Waals surface area (Å²) in [4.78, 5) is 16.8. The van der Waals surface area contributed by atoms with E-state index in [0.29, 0.717) is 22.2 Å². The van der Waals surface area contributed by atoms with Crippen LogP contribution >= 0.6 is 11.8 Å². The summed E-state index contributed by atoms with van der Waals surface area (Å²) in [5.74, 6) is 1.29. The van der Waals surface area contributed by atoms with E-state index in [9.17, 15) is 13.2 Å². The molecule has 0 aliphatic rings. The number of hydrogen-bond donors (Lipinski definition) is 3. The van der Waals surface area contributed by atoms with Gasteiger partial charge >= 0.3 is 6.36 Å². The molecule has 0 fully saturated rings. The van der Waals surface area contributed by atoms with Gasteiger partial charge in [-0.3, -0.25) is 0 Å². The van der Waals surface area contributed by atoms with Gasteiger partial charge in [-0.25, -0.2) is 20.0 Å². The van der Waals surface area contributed by atoms with E-state index in [1.165, 1.54) is 42.8 Å². The lowest BCUT2D eigenvalue weighted by Crippen LogP contribution is -2.16. The van der Waals surface area contributed by atoms with E-state index in [4.69, 9.17) is 21.3 Å². The third-order valence-electron chi connectivity index (χ3n) is 6.55. The zero-order chi connectivity index (χ0) is 34.5. The first-order chi connectivity index (χ1) is 23.0. The topological polar surface area (TPSA) is 148 Å². The smallest absolute Gasteiger partial charge is 0.447 e. The SMILES string of the molecule is Cc1cccc(C)c1N=C(N)SCc1ocnc1-c1ccccc1.N=Cc1ccc(C(N)=NC=Nc2ccc(OC(F)(F)F)cc2)cc1. The number of halogens is 3. The number of para-hydroxylation sites is 1. The Morgan fingerprint density at radius 1 is 0.917 bits per heavy atom. The summed E-state index contributed by atoms with van der Waals surface area (Å²) in [6.07, 6.45) is -0.835. The first-order valence-corrected chi connectivity index (χ1v) is 15.3. The molecule has 4 aromatic carbocycles. The molecule has 5 N–H and O–H groups in total. The van der Waals surface area contributed by atoms with Crippen LogP contribution in [0, 0.1) is 19.3 Å². The molecule has 5 aromatic rings. The van der Waals surface area contributed by atoms with Crippen LogP contribution in [0.25, 0.3) is 11.3 Å². The predicted molar refractivity (Wildman–Crippen MR) is 187 cm³/mol. The molecule has 0 unspecified atom stereocenters. The minimum atomic E-state index is -4.73. The third-order valence-corrected chi connectivity index (χ3v) is 7.34. The van der Waals surface area contributed by atoms with Crippen LogP contribution in [0.4, 0.5) is 24.5 Å². The van der Waals surface area contributed by atoms with Crippen molar-refractivity contribution in [3.63, 3.8) is 0 Å². The van der Waals surface area contributed by atoms with Crippen LogP contribution < -0.4 is 16.2 Å². The second-order valence-corrected chi connectivity index (χ2v) is 11.0. The highest BCUT2D eigenvalue weighted by Gasteiger charge is 2.30. The maximum Gasteiger partial charge on any atom is 0.573 e. The number of benzene rings is 4. The number of nitrogens with one attached hydrogen (secondary N) is 1. The maximum atomic E-state index is 12.0. The number of thioether (sulfide) groups is 1. The van der Waals surface area contributed by atoms with Crippen molar-refractivity contribution in [2.24, 2.45) is 26.4 Å². The highest BCUT2D eigenvalue weighted by molar-refractivity contribution is 8.13. The van der Waals surface area contributed by atoms with Crippen LogP contribution in [0.3, 0.4) is 0 Å². The second-order valence-electron chi connectivity index (χ2n) is 10.0. The van der Waals surface area contributed by atoms with Gasteiger partial charge < -0.3 is 26.0 Å². The monoisotopic (exact) mass is 671 g/mol. The lowest BCUT2D eigenvalue weighted by molar-refractivity contribution is -0.274. The average molecular weight is 672 g/mol. The summed E-state index contributed by atoms with van der Waals surface area (Å²) in [7, 11) is 0. The summed E-state index contributed by atoms with van der Waals surface area (Å²) in [5.41, 5.74) is 18.8. The van der Waals surface area contributed by atoms with E-state index in [1.54, 1.807) is 24.3 Å². The van der Waals surface area contributed by atoms with Crippen LogP contribution in [-0.4, -0.2) is 34.9 Å². The van der Waals surface area contributed by atoms with Gasteiger partial charge in [0, 0.05) is 17.3 Å². The first kappa shape index (κ1) is 35.2. The molecule has 0 spiro atoms. The van der Waals surface area contributed by atoms with E-state index in [2.05, 4.69) is 24.7 Å². The Morgan fingerprint density at radius 2 is 1.58 bits per heavy atom. The van der Waals surface area contributed by atoms with Gasteiger partial charge in [-0.15, -0.1) is 13.2 Å². The van der Waals surface area contributed by atoms with Crippen molar-refractivity contribution in [3.05, 3.63) is 131 Å². The molecular formula is C35H32F3N7O2S. The number of hydrogen-bond acceptors (Lipinski definition) is 7. The Labute approximate surface area is 279 Å². The van der Waals surface area contributed by atoms with Crippen LogP contribution in [0.1, 0.15) is 28.0 Å². The highest BCUT2D eigenvalue weighted by atomic mass is 32.2. The Hall–Kier alpha value is -5.69. The van der Waals surface area contributed by atoms with Crippen LogP contribution in [0.2, 0.25) is 0 Å². The molecule has 0 atom stereocenters. The summed E-state index contributed by atoms with van der Waals surface area (Å²) >= 11 is 1.45. The molecule has 13 heteroatoms. The molecule has 0 amide bonds. The molecule has 0 aliphatic heterocycles. The second kappa shape index (κ2) is 16.7. The van der Waals surface area contributed by atoms with E-state index >= 15 is 0 Å². The zero-order valence-electron chi connectivity index (χ0n) is 26.0. The number of alkyl halides is 3. The van der Waals surface area contributed by atoms with Gasteiger partial charge in [-0.2, -0.15) is 0 Å². The first-order valence-electron chi connectivity index (χ1n) is 14.4. The number of nitrogens with two attached hydrogens (primary N) is 2. The fraction of sp³-hybridized carbons (Fsp3) is 0.114. The molecule has 9 nitrogen and oxygen atoms in total. The van der Waals surface area contributed by atoms with Crippen molar-refractivity contribution >= 4 is 46.7 Å². The highest BCUT2D eigenvalue weighted by Crippen LogP contribution is 2.28. The minimum absolute atomic E-state index is 0.229. The number of nitrogens with zero attached hydrogens (tertiary/aromatic N) is 4. The van der Waals surface area contributed by atoms with Crippen LogP contribution in [0.5, 0.6) is 5.75 Å². The van der Waals surface area contributed by atoms with Crippen molar-refractivity contribution in [1.29, 1.82) is 5.41 Å². The molecule has 0 saturated heterocycles. The third kappa shape index (κ3) is 10.7. The van der Waals surface area contributed by atoms with Crippen molar-refractivity contribution in [2.45, 2.75) is 26.0 Å². The molecule has 246 valence electrons. The molecule has 0 saturated carbocycles. The van der Waals surface area contributed by atoms with E-state index in [1.807, 2.05) is 62.4 Å². The largest absolute Gasteiger partial charge is 0.573 e. The molecule has 1 heterocycles. The number of aliphatic imine (C=N–C) groups is 3. The average Bonchev–Trinajstić information content (AvgIpc) is 3.55. The van der Waals surface area contributed by atoms with E-state index < -0.39 is 6.36 Å². The predicted octanol–water partition coefficient (Wildman–Crippen LogP) is 8.49. The quantitative estimate of drug-likeness (QED) is 0.106. The number of rotatable bonds is 9. The molecule has 0 bridgehead atoms. The molecular weight excluding hydrogens is 639 g/mol. The Bertz CT molecular complexity index is 1870. The van der Waals surface area contributed by atoms with Gasteiger partial charge in [0.05, 0.1) is 17.1 Å². The van der Waals surface area contributed by atoms with Crippen LogP contribution in [-0.2, 0) is 5.75 Å². The molecule has 0 radical (unpaired) electrons. The van der Waals surface area contributed by atoms with E-state index in [-0.39, 0.29) is 11.6 Å². The number of ether oxygens (including phenoxy) is 1. The number of amidine groups is 2. The number of oxazole rings is 1. The number of aromatic nitrogens is 1. The summed E-state index contributed by atoms with van der Waals surface area (Å²) in [6.45, 7) is 4.07. The van der Waals surface area contributed by atoms with Gasteiger partial charge in [-0.1, -0.05) is 84.6 Å². The minimum Gasteiger partial charge on any atom is -0.447 e. The van der Waals surface area contributed by atoms with Crippen molar-refractivity contribution in [1.82, 2.24) is 4.98 Å². The van der Waals surface area contributed by atoms with Crippen LogP contribution in [0.15, 0.2) is 123 Å². The fourth-order valence-corrected chi connectivity index (χ4v) is 4.82. The summed E-state index contributed by atoms with van der Waals surface area (Å²) in [5, 5.41) is 7.63. The fourth-order valence-electron chi connectivity index (χ4n) is 4.18. The Kier molecular flexibility index (Phi) is 12.3.